The zero-order valence-electron chi connectivity index (χ0n) is 26.4. The number of para-hydroxylation sites is 1. The number of fused-ring (bicyclic) bond motifs is 3. The first kappa shape index (κ1) is 32.5. The van der Waals surface area contributed by atoms with Gasteiger partial charge in [0.15, 0.2) is 0 Å². The van der Waals surface area contributed by atoms with Gasteiger partial charge in [-0.1, -0.05) is 100 Å². The molecule has 0 unspecified atom stereocenters. The van der Waals surface area contributed by atoms with Crippen molar-refractivity contribution in [1.82, 2.24) is 9.97 Å². The van der Waals surface area contributed by atoms with E-state index in [9.17, 15) is 0 Å². The first-order valence-electron chi connectivity index (χ1n) is 14.6. The zero-order chi connectivity index (χ0) is 30.1. The fourth-order valence-corrected chi connectivity index (χ4v) is 6.68. The molecule has 0 saturated heterocycles. The Balaban J connectivity index is 0.000000238. The molecule has 0 atom stereocenters. The van der Waals surface area contributed by atoms with Gasteiger partial charge in [-0.3, -0.25) is 0 Å². The van der Waals surface area contributed by atoms with Crippen LogP contribution in [0.15, 0.2) is 89.6 Å². The molecular weight excluding hydrogens is 721 g/mol. The van der Waals surface area contributed by atoms with E-state index >= 15 is 0 Å². The number of aromatic nitrogens is 2. The third-order valence-corrected chi connectivity index (χ3v) is 9.24. The molecule has 3 aromatic heterocycles. The third-order valence-electron chi connectivity index (χ3n) is 7.23. The minimum atomic E-state index is -1.56. The number of furan rings is 1. The first-order chi connectivity index (χ1) is 19.9. The van der Waals surface area contributed by atoms with Crippen molar-refractivity contribution in [3.05, 3.63) is 114 Å². The van der Waals surface area contributed by atoms with Crippen molar-refractivity contribution in [3.8, 4) is 22.5 Å². The molecule has 0 aliphatic rings. The van der Waals surface area contributed by atoms with Gasteiger partial charge in [0.25, 0.3) is 0 Å². The van der Waals surface area contributed by atoms with Crippen molar-refractivity contribution < 1.29 is 24.5 Å². The number of hydrogen-bond donors (Lipinski definition) is 0. The Morgan fingerprint density at radius 3 is 2.21 bits per heavy atom. The molecule has 0 saturated carbocycles. The van der Waals surface area contributed by atoms with Crippen molar-refractivity contribution in [2.75, 3.05) is 0 Å². The molecule has 0 aliphatic carbocycles. The maximum atomic E-state index is 6.37. The third kappa shape index (κ3) is 7.78. The van der Waals surface area contributed by atoms with Crippen molar-refractivity contribution >= 4 is 35.2 Å². The summed E-state index contributed by atoms with van der Waals surface area (Å²) < 4.78 is 6.37. The summed E-state index contributed by atoms with van der Waals surface area (Å²) in [5, 5.41) is 3.82. The van der Waals surface area contributed by atoms with Gasteiger partial charge in [0.1, 0.15) is 5.58 Å². The normalized spacial score (nSPS) is 11.6. The summed E-state index contributed by atoms with van der Waals surface area (Å²) in [5.74, 6) is 0. The van der Waals surface area contributed by atoms with Crippen molar-refractivity contribution in [3.63, 3.8) is 0 Å². The van der Waals surface area contributed by atoms with E-state index in [1.807, 2.05) is 43.6 Å². The predicted octanol–water partition coefficient (Wildman–Crippen LogP) is 9.75. The SMILES string of the molecule is CC(C)(C)Cc1ccnc(-c2[c-]cc([Si](C)(C)C)c3c2oc2ccccc23)c1.Cc1c[c-]c(-c2ccc(C)cn2)cc1.[Ir]. The van der Waals surface area contributed by atoms with Crippen LogP contribution in [0.2, 0.25) is 19.6 Å². The minimum Gasteiger partial charge on any atom is -0.501 e. The Morgan fingerprint density at radius 1 is 0.814 bits per heavy atom. The molecule has 0 bridgehead atoms. The molecule has 3 aromatic carbocycles. The van der Waals surface area contributed by atoms with E-state index in [-0.39, 0.29) is 25.5 Å². The Kier molecular flexibility index (Phi) is 9.91. The molecule has 0 spiro atoms. The number of hydrogen-bond acceptors (Lipinski definition) is 3. The molecule has 223 valence electrons. The quantitative estimate of drug-likeness (QED) is 0.133. The monoisotopic (exact) mass is 761 g/mol. The van der Waals surface area contributed by atoms with Gasteiger partial charge in [-0.25, -0.2) is 0 Å². The summed E-state index contributed by atoms with van der Waals surface area (Å²) in [7, 11) is -1.56. The van der Waals surface area contributed by atoms with Crippen molar-refractivity contribution in [1.29, 1.82) is 0 Å². The fraction of sp³-hybridized carbons (Fsp3) is 0.263. The van der Waals surface area contributed by atoms with E-state index in [0.29, 0.717) is 0 Å². The van der Waals surface area contributed by atoms with Crippen molar-refractivity contribution in [2.24, 2.45) is 5.41 Å². The Hall–Kier alpha value is -3.37. The van der Waals surface area contributed by atoms with Crippen LogP contribution in [0.3, 0.4) is 0 Å². The maximum absolute atomic E-state index is 6.37. The number of benzene rings is 3. The van der Waals surface area contributed by atoms with Gasteiger partial charge in [-0.15, -0.1) is 52.7 Å². The molecule has 3 heterocycles. The van der Waals surface area contributed by atoms with Gasteiger partial charge in [0.2, 0.25) is 0 Å². The van der Waals surface area contributed by atoms with Gasteiger partial charge in [0, 0.05) is 46.0 Å². The average Bonchev–Trinajstić information content (AvgIpc) is 3.32. The summed E-state index contributed by atoms with van der Waals surface area (Å²) in [5.41, 5.74) is 9.72. The standard InChI is InChI=1S/C25H28NOSi.C13H12N.Ir/c1-25(2,3)16-17-13-14-26-20(15-17)18-11-12-22(28(4,5)6)23-19-9-7-8-10-21(19)27-24(18)23;1-10-3-6-12(7-4-10)13-8-5-11(2)9-14-13;/h7-10,12-15H,16H2,1-6H3;3-6,8-9H,1-2H3;/q2*-1;. The van der Waals surface area contributed by atoms with Crippen LogP contribution >= 0.6 is 0 Å². The Bertz CT molecular complexity index is 1780. The van der Waals surface area contributed by atoms with Gasteiger partial charge in [0.05, 0.1) is 5.58 Å². The molecule has 3 nitrogen and oxygen atoms in total. The average molecular weight is 761 g/mol. The van der Waals surface area contributed by atoms with Gasteiger partial charge >= 0.3 is 0 Å². The molecule has 0 amide bonds. The van der Waals surface area contributed by atoms with E-state index in [1.54, 1.807) is 0 Å². The predicted molar refractivity (Wildman–Crippen MR) is 180 cm³/mol. The molecular formula is C38H40IrN2OSi-2. The molecule has 6 rings (SSSR count). The zero-order valence-corrected chi connectivity index (χ0v) is 29.8. The van der Waals surface area contributed by atoms with Crippen LogP contribution in [-0.4, -0.2) is 18.0 Å². The molecule has 0 N–H and O–H groups in total. The van der Waals surface area contributed by atoms with Crippen LogP contribution in [0.5, 0.6) is 0 Å². The summed E-state index contributed by atoms with van der Waals surface area (Å²) in [6.07, 6.45) is 4.80. The molecule has 0 aliphatic heterocycles. The van der Waals surface area contributed by atoms with Crippen LogP contribution in [0.4, 0.5) is 0 Å². The molecule has 1 radical (unpaired) electrons. The van der Waals surface area contributed by atoms with Gasteiger partial charge in [-0.05, 0) is 47.8 Å². The minimum absolute atomic E-state index is 0. The van der Waals surface area contributed by atoms with Gasteiger partial charge in [-0.2, -0.15) is 0 Å². The Morgan fingerprint density at radius 2 is 1.56 bits per heavy atom. The first-order valence-corrected chi connectivity index (χ1v) is 18.1. The smallest absolute Gasteiger partial charge is 0.120 e. The van der Waals surface area contributed by atoms with Crippen LogP contribution in [0.1, 0.15) is 37.5 Å². The second-order valence-corrected chi connectivity index (χ2v) is 18.5. The van der Waals surface area contributed by atoms with Crippen LogP contribution in [0.25, 0.3) is 44.5 Å². The van der Waals surface area contributed by atoms with Crippen LogP contribution < -0.4 is 5.19 Å². The van der Waals surface area contributed by atoms with E-state index < -0.39 is 8.07 Å². The molecule has 5 heteroatoms. The summed E-state index contributed by atoms with van der Waals surface area (Å²) in [6, 6.07) is 31.8. The second-order valence-electron chi connectivity index (χ2n) is 13.4. The van der Waals surface area contributed by atoms with E-state index in [0.717, 1.165) is 40.1 Å². The van der Waals surface area contributed by atoms with Gasteiger partial charge < -0.3 is 14.4 Å². The molecule has 0 fully saturated rings. The topological polar surface area (TPSA) is 38.9 Å². The van der Waals surface area contributed by atoms with Crippen LogP contribution in [0, 0.1) is 31.4 Å². The molecule has 6 aromatic rings. The van der Waals surface area contributed by atoms with E-state index in [4.69, 9.17) is 4.42 Å². The second kappa shape index (κ2) is 13.1. The summed E-state index contributed by atoms with van der Waals surface area (Å²) in [6.45, 7) is 18.0. The molecule has 43 heavy (non-hydrogen) atoms. The summed E-state index contributed by atoms with van der Waals surface area (Å²) in [4.78, 5) is 9.02. The number of nitrogens with zero attached hydrogens (tertiary/aromatic N) is 2. The summed E-state index contributed by atoms with van der Waals surface area (Å²) >= 11 is 0. The largest absolute Gasteiger partial charge is 0.501 e. The number of pyridine rings is 2. The van der Waals surface area contributed by atoms with E-state index in [1.165, 1.54) is 32.6 Å². The number of aryl methyl sites for hydroxylation is 2. The number of rotatable bonds is 4. The van der Waals surface area contributed by atoms with E-state index in [2.05, 4.69) is 118 Å². The maximum Gasteiger partial charge on any atom is 0.120 e. The van der Waals surface area contributed by atoms with Crippen molar-refractivity contribution in [2.45, 2.75) is 60.7 Å². The Labute approximate surface area is 271 Å². The fourth-order valence-electron chi connectivity index (χ4n) is 5.18. The van der Waals surface area contributed by atoms with Crippen LogP contribution in [-0.2, 0) is 26.5 Å².